The molecule has 0 aliphatic rings. The zero-order valence-corrected chi connectivity index (χ0v) is 10.5. The van der Waals surface area contributed by atoms with E-state index in [1.165, 1.54) is 16.2 Å². The number of hydrogen-bond donors (Lipinski definition) is 1. The lowest BCUT2D eigenvalue weighted by molar-refractivity contribution is 0.694. The lowest BCUT2D eigenvalue weighted by Gasteiger charge is -1.96. The van der Waals surface area contributed by atoms with E-state index >= 15 is 0 Å². The van der Waals surface area contributed by atoms with Gasteiger partial charge in [-0.25, -0.2) is 28.3 Å². The second-order valence-corrected chi connectivity index (χ2v) is 4.81. The lowest BCUT2D eigenvalue weighted by Crippen LogP contribution is -2.16. The van der Waals surface area contributed by atoms with E-state index in [4.69, 9.17) is 0 Å². The van der Waals surface area contributed by atoms with Gasteiger partial charge in [-0.2, -0.15) is 4.98 Å². The predicted octanol–water partition coefficient (Wildman–Crippen LogP) is 0.428. The molecule has 0 aromatic carbocycles. The van der Waals surface area contributed by atoms with E-state index in [-0.39, 0.29) is 5.69 Å². The molecule has 0 aliphatic heterocycles. The first-order valence-electron chi connectivity index (χ1n) is 5.45. The van der Waals surface area contributed by atoms with Gasteiger partial charge in [0.15, 0.2) is 11.5 Å². The number of fused-ring (bicyclic) bond motifs is 3. The molecule has 0 aliphatic carbocycles. The summed E-state index contributed by atoms with van der Waals surface area (Å²) >= 11 is 1.33. The van der Waals surface area contributed by atoms with Gasteiger partial charge in [0, 0.05) is 13.2 Å². The normalized spacial score (nSPS) is 11.6. The molecule has 1 N–H and O–H groups in total. The summed E-state index contributed by atoms with van der Waals surface area (Å²) in [7, 11) is 1.66. The average Bonchev–Trinajstić information content (AvgIpc) is 3.08. The van der Waals surface area contributed by atoms with Gasteiger partial charge in [0.05, 0.1) is 11.1 Å². The number of rotatable bonds is 1. The van der Waals surface area contributed by atoms with Crippen LogP contribution >= 0.6 is 11.5 Å². The third kappa shape index (κ3) is 1.35. The lowest BCUT2D eigenvalue weighted by atomic mass is 10.4. The van der Waals surface area contributed by atoms with E-state index in [2.05, 4.69) is 24.3 Å². The molecule has 0 saturated carbocycles. The Morgan fingerprint density at radius 3 is 3.05 bits per heavy atom. The van der Waals surface area contributed by atoms with Crippen molar-refractivity contribution in [1.82, 2.24) is 33.5 Å². The third-order valence-electron chi connectivity index (χ3n) is 2.86. The minimum absolute atomic E-state index is 0.226. The van der Waals surface area contributed by atoms with Gasteiger partial charge < -0.3 is 0 Å². The molecular formula is C10H7N7OS. The van der Waals surface area contributed by atoms with Crippen molar-refractivity contribution >= 4 is 28.5 Å². The monoisotopic (exact) mass is 273 g/mol. The van der Waals surface area contributed by atoms with Crippen molar-refractivity contribution in [2.45, 2.75) is 0 Å². The van der Waals surface area contributed by atoms with Crippen LogP contribution in [0.15, 0.2) is 23.3 Å². The zero-order chi connectivity index (χ0) is 13.0. The molecule has 4 rings (SSSR count). The molecule has 94 valence electrons. The van der Waals surface area contributed by atoms with E-state index in [9.17, 15) is 4.79 Å². The van der Waals surface area contributed by atoms with Gasteiger partial charge in [-0.3, -0.25) is 4.98 Å². The smallest absolute Gasteiger partial charge is 0.274 e. The van der Waals surface area contributed by atoms with Crippen molar-refractivity contribution in [3.05, 3.63) is 28.9 Å². The van der Waals surface area contributed by atoms with Crippen molar-refractivity contribution in [1.29, 1.82) is 0 Å². The number of nitrogens with one attached hydrogen (secondary N) is 1. The van der Waals surface area contributed by atoms with Crippen LogP contribution in [0.1, 0.15) is 0 Å². The number of aromatic amines is 1. The van der Waals surface area contributed by atoms with Crippen LogP contribution in [-0.2, 0) is 7.05 Å². The van der Waals surface area contributed by atoms with Gasteiger partial charge in [-0.1, -0.05) is 0 Å². The van der Waals surface area contributed by atoms with Gasteiger partial charge in [0.1, 0.15) is 5.52 Å². The third-order valence-corrected chi connectivity index (χ3v) is 3.60. The maximum absolute atomic E-state index is 11.5. The number of aromatic nitrogens is 7. The predicted molar refractivity (Wildman–Crippen MR) is 69.0 cm³/mol. The molecule has 0 amide bonds. The Labute approximate surface area is 109 Å². The summed E-state index contributed by atoms with van der Waals surface area (Å²) in [5, 5.41) is 0. The minimum atomic E-state index is -0.226. The van der Waals surface area contributed by atoms with E-state index in [1.807, 2.05) is 6.07 Å². The van der Waals surface area contributed by atoms with E-state index in [0.29, 0.717) is 22.8 Å². The Hall–Kier alpha value is -2.55. The summed E-state index contributed by atoms with van der Waals surface area (Å²) < 4.78 is 7.10. The summed E-state index contributed by atoms with van der Waals surface area (Å²) in [6.45, 7) is 0. The van der Waals surface area contributed by atoms with Crippen LogP contribution in [-0.4, -0.2) is 33.5 Å². The summed E-state index contributed by atoms with van der Waals surface area (Å²) in [6, 6.07) is 1.85. The van der Waals surface area contributed by atoms with Gasteiger partial charge in [-0.15, -0.1) is 0 Å². The summed E-state index contributed by atoms with van der Waals surface area (Å²) in [5.74, 6) is 1.04. The maximum Gasteiger partial charge on any atom is 0.343 e. The summed E-state index contributed by atoms with van der Waals surface area (Å²) in [6.07, 6.45) is 3.36. The number of hydrogen-bond acceptors (Lipinski definition) is 6. The number of H-pyrrole nitrogens is 1. The Morgan fingerprint density at radius 1 is 1.37 bits per heavy atom. The van der Waals surface area contributed by atoms with Gasteiger partial charge >= 0.3 is 5.69 Å². The fourth-order valence-electron chi connectivity index (χ4n) is 1.96. The van der Waals surface area contributed by atoms with Crippen LogP contribution in [0.5, 0.6) is 0 Å². The molecule has 8 nitrogen and oxygen atoms in total. The molecule has 0 radical (unpaired) electrons. The van der Waals surface area contributed by atoms with E-state index in [1.54, 1.807) is 24.0 Å². The fraction of sp³-hybridized carbons (Fsp3) is 0.100. The Kier molecular flexibility index (Phi) is 1.90. The van der Waals surface area contributed by atoms with Crippen LogP contribution in [0.3, 0.4) is 0 Å². The highest BCUT2D eigenvalue weighted by Gasteiger charge is 2.13. The number of nitrogens with zero attached hydrogens (tertiary/aromatic N) is 6. The highest BCUT2D eigenvalue weighted by Crippen LogP contribution is 2.20. The van der Waals surface area contributed by atoms with Crippen LogP contribution in [0.25, 0.3) is 27.6 Å². The molecule has 19 heavy (non-hydrogen) atoms. The van der Waals surface area contributed by atoms with E-state index in [0.717, 1.165) is 4.88 Å². The SMILES string of the molecule is Cn1c(=O)[nH]c2nc3nc(-c4ccns4)ncc3n21. The average molecular weight is 273 g/mol. The molecule has 0 atom stereocenters. The van der Waals surface area contributed by atoms with Gasteiger partial charge in [0.2, 0.25) is 5.78 Å². The van der Waals surface area contributed by atoms with Crippen LogP contribution < -0.4 is 5.69 Å². The van der Waals surface area contributed by atoms with Crippen molar-refractivity contribution in [2.75, 3.05) is 0 Å². The molecule has 4 heterocycles. The molecule has 0 unspecified atom stereocenters. The van der Waals surface area contributed by atoms with Gasteiger partial charge in [0.25, 0.3) is 0 Å². The molecule has 0 spiro atoms. The quantitative estimate of drug-likeness (QED) is 0.542. The standard InChI is InChI=1S/C10H7N7OS/c1-16-10(18)15-9-14-7-5(17(9)16)4-11-8(13-7)6-2-3-12-19-6/h2-4H,1H3,(H,11,13,14,15,18). The first kappa shape index (κ1) is 10.4. The first-order chi connectivity index (χ1) is 9.24. The molecule has 0 bridgehead atoms. The topological polar surface area (TPSA) is 93.8 Å². The number of imidazole rings is 1. The first-order valence-corrected chi connectivity index (χ1v) is 6.23. The maximum atomic E-state index is 11.5. The fourth-order valence-corrected chi connectivity index (χ4v) is 2.50. The molecule has 4 aromatic rings. The largest absolute Gasteiger partial charge is 0.343 e. The highest BCUT2D eigenvalue weighted by molar-refractivity contribution is 7.09. The molecule has 9 heteroatoms. The zero-order valence-electron chi connectivity index (χ0n) is 9.73. The molecule has 0 saturated heterocycles. The Morgan fingerprint density at radius 2 is 2.26 bits per heavy atom. The van der Waals surface area contributed by atoms with Crippen LogP contribution in [0.2, 0.25) is 0 Å². The van der Waals surface area contributed by atoms with Gasteiger partial charge in [-0.05, 0) is 17.6 Å². The Bertz CT molecular complexity index is 946. The van der Waals surface area contributed by atoms with E-state index < -0.39 is 0 Å². The van der Waals surface area contributed by atoms with Crippen molar-refractivity contribution < 1.29 is 0 Å². The highest BCUT2D eigenvalue weighted by atomic mass is 32.1. The van der Waals surface area contributed by atoms with Crippen molar-refractivity contribution in [3.63, 3.8) is 0 Å². The van der Waals surface area contributed by atoms with Crippen molar-refractivity contribution in [3.8, 4) is 10.7 Å². The van der Waals surface area contributed by atoms with Crippen LogP contribution in [0, 0.1) is 0 Å². The van der Waals surface area contributed by atoms with Crippen LogP contribution in [0.4, 0.5) is 0 Å². The summed E-state index contributed by atoms with van der Waals surface area (Å²) in [5.41, 5.74) is 1.00. The molecule has 4 aromatic heterocycles. The summed E-state index contributed by atoms with van der Waals surface area (Å²) in [4.78, 5) is 28.0. The molecule has 0 fully saturated rings. The molecular weight excluding hydrogens is 266 g/mol. The number of aryl methyl sites for hydroxylation is 1. The van der Waals surface area contributed by atoms with Crippen molar-refractivity contribution in [2.24, 2.45) is 7.05 Å². The Balaban J connectivity index is 2.06. The second-order valence-electron chi connectivity index (χ2n) is 3.98. The minimum Gasteiger partial charge on any atom is -0.274 e. The second kappa shape index (κ2) is 3.48.